The van der Waals surface area contributed by atoms with E-state index >= 15 is 0 Å². The van der Waals surface area contributed by atoms with Crippen LogP contribution in [0.1, 0.15) is 23.0 Å². The second-order valence-corrected chi connectivity index (χ2v) is 5.51. The summed E-state index contributed by atoms with van der Waals surface area (Å²) in [5, 5.41) is 12.1. The maximum Gasteiger partial charge on any atom is 0.0793 e. The molecule has 0 aliphatic heterocycles. The van der Waals surface area contributed by atoms with Crippen LogP contribution in [-0.2, 0) is 6.42 Å². The Morgan fingerprint density at radius 2 is 1.94 bits per heavy atom. The predicted octanol–water partition coefficient (Wildman–Crippen LogP) is 4.18. The first-order valence-corrected chi connectivity index (χ1v) is 6.89. The van der Waals surface area contributed by atoms with Crippen LogP contribution in [-0.4, -0.2) is 5.11 Å². The van der Waals surface area contributed by atoms with E-state index in [0.717, 1.165) is 22.9 Å². The summed E-state index contributed by atoms with van der Waals surface area (Å²) in [6, 6.07) is 11.9. The highest BCUT2D eigenvalue weighted by atomic mass is 79.9. The zero-order valence-electron chi connectivity index (χ0n) is 8.77. The second-order valence-electron chi connectivity index (χ2n) is 3.66. The molecule has 3 heteroatoms. The van der Waals surface area contributed by atoms with E-state index in [1.54, 1.807) is 11.3 Å². The SMILES string of the molecule is OC(CCc1sccc1Br)c1ccccc1. The molecule has 1 aromatic carbocycles. The van der Waals surface area contributed by atoms with Crippen LogP contribution in [0.25, 0.3) is 0 Å². The molecule has 1 nitrogen and oxygen atoms in total. The van der Waals surface area contributed by atoms with E-state index in [4.69, 9.17) is 0 Å². The summed E-state index contributed by atoms with van der Waals surface area (Å²) >= 11 is 5.23. The zero-order chi connectivity index (χ0) is 11.4. The van der Waals surface area contributed by atoms with Crippen LogP contribution in [0.5, 0.6) is 0 Å². The first kappa shape index (κ1) is 11.8. The Balaban J connectivity index is 1.94. The van der Waals surface area contributed by atoms with Crippen molar-refractivity contribution in [2.75, 3.05) is 0 Å². The molecular formula is C13H13BrOS. The molecule has 0 amide bonds. The summed E-state index contributed by atoms with van der Waals surface area (Å²) in [5.74, 6) is 0. The highest BCUT2D eigenvalue weighted by molar-refractivity contribution is 9.10. The van der Waals surface area contributed by atoms with Crippen LogP contribution < -0.4 is 0 Å². The van der Waals surface area contributed by atoms with Gasteiger partial charge in [-0.15, -0.1) is 11.3 Å². The van der Waals surface area contributed by atoms with E-state index in [0.29, 0.717) is 0 Å². The number of thiophene rings is 1. The summed E-state index contributed by atoms with van der Waals surface area (Å²) in [6.07, 6.45) is 1.31. The largest absolute Gasteiger partial charge is 0.388 e. The van der Waals surface area contributed by atoms with Crippen molar-refractivity contribution in [1.29, 1.82) is 0 Å². The van der Waals surface area contributed by atoms with Gasteiger partial charge in [-0.3, -0.25) is 0 Å². The van der Waals surface area contributed by atoms with Gasteiger partial charge in [0.05, 0.1) is 6.10 Å². The first-order valence-electron chi connectivity index (χ1n) is 5.22. The minimum atomic E-state index is -0.366. The lowest BCUT2D eigenvalue weighted by atomic mass is 10.0. The third kappa shape index (κ3) is 2.94. The molecule has 0 aliphatic carbocycles. The van der Waals surface area contributed by atoms with Crippen LogP contribution in [0.3, 0.4) is 0 Å². The molecule has 0 spiro atoms. The van der Waals surface area contributed by atoms with Crippen LogP contribution in [0.2, 0.25) is 0 Å². The fraction of sp³-hybridized carbons (Fsp3) is 0.231. The first-order chi connectivity index (χ1) is 7.77. The van der Waals surface area contributed by atoms with Crippen molar-refractivity contribution in [3.63, 3.8) is 0 Å². The maximum absolute atomic E-state index is 10.00. The lowest BCUT2D eigenvalue weighted by Gasteiger charge is -2.09. The lowest BCUT2D eigenvalue weighted by molar-refractivity contribution is 0.168. The monoisotopic (exact) mass is 296 g/mol. The molecule has 0 bridgehead atoms. The quantitative estimate of drug-likeness (QED) is 0.897. The van der Waals surface area contributed by atoms with Crippen molar-refractivity contribution in [1.82, 2.24) is 0 Å². The second kappa shape index (κ2) is 5.62. The molecular weight excluding hydrogens is 284 g/mol. The van der Waals surface area contributed by atoms with Crippen LogP contribution in [0.4, 0.5) is 0 Å². The Morgan fingerprint density at radius 3 is 2.56 bits per heavy atom. The molecule has 1 unspecified atom stereocenters. The van der Waals surface area contributed by atoms with E-state index in [9.17, 15) is 5.11 Å². The summed E-state index contributed by atoms with van der Waals surface area (Å²) in [5.41, 5.74) is 0.996. The normalized spacial score (nSPS) is 12.6. The molecule has 1 heterocycles. The Morgan fingerprint density at radius 1 is 1.19 bits per heavy atom. The fourth-order valence-electron chi connectivity index (χ4n) is 1.61. The molecule has 0 saturated carbocycles. The maximum atomic E-state index is 10.00. The smallest absolute Gasteiger partial charge is 0.0793 e. The Hall–Kier alpha value is -0.640. The Labute approximate surface area is 108 Å². The highest BCUT2D eigenvalue weighted by Crippen LogP contribution is 2.26. The van der Waals surface area contributed by atoms with Crippen LogP contribution in [0.15, 0.2) is 46.3 Å². The summed E-state index contributed by atoms with van der Waals surface area (Å²) in [4.78, 5) is 1.30. The number of aryl methyl sites for hydroxylation is 1. The molecule has 2 rings (SSSR count). The highest BCUT2D eigenvalue weighted by Gasteiger charge is 2.08. The molecule has 1 atom stereocenters. The van der Waals surface area contributed by atoms with E-state index in [2.05, 4.69) is 27.4 Å². The summed E-state index contributed by atoms with van der Waals surface area (Å²) in [6.45, 7) is 0. The van der Waals surface area contributed by atoms with E-state index in [-0.39, 0.29) is 6.10 Å². The number of hydrogen-bond donors (Lipinski definition) is 1. The topological polar surface area (TPSA) is 20.2 Å². The van der Waals surface area contributed by atoms with Gasteiger partial charge in [0.15, 0.2) is 0 Å². The van der Waals surface area contributed by atoms with Gasteiger partial charge in [0.1, 0.15) is 0 Å². The van der Waals surface area contributed by atoms with Gasteiger partial charge in [-0.05, 0) is 45.8 Å². The molecule has 16 heavy (non-hydrogen) atoms. The van der Waals surface area contributed by atoms with Gasteiger partial charge in [0.2, 0.25) is 0 Å². The van der Waals surface area contributed by atoms with Crippen molar-refractivity contribution < 1.29 is 5.11 Å². The molecule has 0 radical (unpaired) electrons. The van der Waals surface area contributed by atoms with E-state index in [1.165, 1.54) is 4.88 Å². The fourth-order valence-corrected chi connectivity index (χ4v) is 3.18. The summed E-state index contributed by atoms with van der Waals surface area (Å²) in [7, 11) is 0. The molecule has 0 saturated heterocycles. The number of aliphatic hydroxyl groups is 1. The third-order valence-electron chi connectivity index (χ3n) is 2.52. The average molecular weight is 297 g/mol. The van der Waals surface area contributed by atoms with Gasteiger partial charge in [-0.1, -0.05) is 30.3 Å². The van der Waals surface area contributed by atoms with Crippen molar-refractivity contribution in [3.05, 3.63) is 56.7 Å². The molecule has 2 aromatic rings. The number of halogens is 1. The predicted molar refractivity (Wildman–Crippen MR) is 71.7 cm³/mol. The Bertz CT molecular complexity index is 438. The van der Waals surface area contributed by atoms with Crippen molar-refractivity contribution >= 4 is 27.3 Å². The number of aliphatic hydroxyl groups excluding tert-OH is 1. The Kier molecular flexibility index (Phi) is 4.16. The number of hydrogen-bond acceptors (Lipinski definition) is 2. The van der Waals surface area contributed by atoms with Crippen molar-refractivity contribution in [2.45, 2.75) is 18.9 Å². The number of benzene rings is 1. The van der Waals surface area contributed by atoms with E-state index < -0.39 is 0 Å². The molecule has 0 aliphatic rings. The van der Waals surface area contributed by atoms with Gasteiger partial charge < -0.3 is 5.11 Å². The number of rotatable bonds is 4. The van der Waals surface area contributed by atoms with Crippen molar-refractivity contribution in [2.24, 2.45) is 0 Å². The van der Waals surface area contributed by atoms with Crippen LogP contribution >= 0.6 is 27.3 Å². The third-order valence-corrected chi connectivity index (χ3v) is 4.51. The van der Waals surface area contributed by atoms with Crippen molar-refractivity contribution in [3.8, 4) is 0 Å². The van der Waals surface area contributed by atoms with Gasteiger partial charge in [0.25, 0.3) is 0 Å². The van der Waals surface area contributed by atoms with Gasteiger partial charge >= 0.3 is 0 Å². The van der Waals surface area contributed by atoms with Gasteiger partial charge in [-0.2, -0.15) is 0 Å². The average Bonchev–Trinajstić information content (AvgIpc) is 2.73. The summed E-state index contributed by atoms with van der Waals surface area (Å²) < 4.78 is 1.15. The minimum Gasteiger partial charge on any atom is -0.388 e. The van der Waals surface area contributed by atoms with Crippen LogP contribution in [0, 0.1) is 0 Å². The minimum absolute atomic E-state index is 0.366. The molecule has 1 N–H and O–H groups in total. The van der Waals surface area contributed by atoms with Gasteiger partial charge in [0, 0.05) is 9.35 Å². The van der Waals surface area contributed by atoms with Gasteiger partial charge in [-0.25, -0.2) is 0 Å². The molecule has 84 valence electrons. The molecule has 0 fully saturated rings. The standard InChI is InChI=1S/C13H13BrOS/c14-11-8-9-16-13(11)7-6-12(15)10-4-2-1-3-5-10/h1-5,8-9,12,15H,6-7H2. The lowest BCUT2D eigenvalue weighted by Crippen LogP contribution is -1.98. The van der Waals surface area contributed by atoms with E-state index in [1.807, 2.05) is 30.3 Å². The zero-order valence-corrected chi connectivity index (χ0v) is 11.2. The molecule has 1 aromatic heterocycles.